The molecule has 4 heteroatoms. The van der Waals surface area contributed by atoms with E-state index >= 15 is 0 Å². The first-order valence-electron chi connectivity index (χ1n) is 4.66. The van der Waals surface area contributed by atoms with Crippen LogP contribution in [0, 0.1) is 13.8 Å². The predicted molar refractivity (Wildman–Crippen MR) is 65.2 cm³/mol. The fourth-order valence-electron chi connectivity index (χ4n) is 1.57. The second-order valence-electron chi connectivity index (χ2n) is 3.58. The summed E-state index contributed by atoms with van der Waals surface area (Å²) in [5.41, 5.74) is 9.31. The zero-order valence-electron chi connectivity index (χ0n) is 8.66. The zero-order chi connectivity index (χ0) is 11.0. The highest BCUT2D eigenvalue weighted by molar-refractivity contribution is 9.10. The van der Waals surface area contributed by atoms with E-state index in [4.69, 9.17) is 5.73 Å². The maximum atomic E-state index is 5.90. The number of nitrogens with zero attached hydrogens (tertiary/aromatic N) is 2. The Morgan fingerprint density at radius 3 is 2.60 bits per heavy atom. The van der Waals surface area contributed by atoms with Gasteiger partial charge >= 0.3 is 0 Å². The quantitative estimate of drug-likeness (QED) is 0.862. The molecule has 0 saturated carbocycles. The smallest absolute Gasteiger partial charge is 0.141 e. The topological polar surface area (TPSA) is 43.8 Å². The number of nitrogens with two attached hydrogens (primary N) is 1. The lowest BCUT2D eigenvalue weighted by molar-refractivity contribution is 0.882. The Bertz CT molecular complexity index is 503. The van der Waals surface area contributed by atoms with Gasteiger partial charge in [-0.2, -0.15) is 5.10 Å². The molecule has 0 aliphatic carbocycles. The van der Waals surface area contributed by atoms with Crippen molar-refractivity contribution < 1.29 is 0 Å². The molecule has 0 bridgehead atoms. The molecule has 1 aromatic carbocycles. The Hall–Kier alpha value is -1.29. The molecule has 0 spiro atoms. The van der Waals surface area contributed by atoms with Crippen LogP contribution >= 0.6 is 15.9 Å². The Balaban J connectivity index is 2.59. The molecule has 0 atom stereocenters. The van der Waals surface area contributed by atoms with Crippen molar-refractivity contribution in [3.8, 4) is 5.69 Å². The highest BCUT2D eigenvalue weighted by Gasteiger charge is 2.08. The van der Waals surface area contributed by atoms with Crippen molar-refractivity contribution in [2.45, 2.75) is 13.8 Å². The average Bonchev–Trinajstić information content (AvgIpc) is 2.49. The van der Waals surface area contributed by atoms with E-state index in [1.807, 2.05) is 6.07 Å². The third kappa shape index (κ3) is 1.77. The van der Waals surface area contributed by atoms with Crippen molar-refractivity contribution in [3.05, 3.63) is 40.0 Å². The fourth-order valence-corrected chi connectivity index (χ4v) is 1.83. The summed E-state index contributed by atoms with van der Waals surface area (Å²) in [6.07, 6.45) is 1.70. The molecule has 0 saturated heterocycles. The van der Waals surface area contributed by atoms with E-state index in [-0.39, 0.29) is 0 Å². The van der Waals surface area contributed by atoms with Crippen LogP contribution in [0.2, 0.25) is 0 Å². The highest BCUT2D eigenvalue weighted by atomic mass is 79.9. The van der Waals surface area contributed by atoms with Crippen LogP contribution in [0.3, 0.4) is 0 Å². The van der Waals surface area contributed by atoms with Gasteiger partial charge in [-0.05, 0) is 41.4 Å². The van der Waals surface area contributed by atoms with Crippen LogP contribution in [-0.2, 0) is 0 Å². The molecule has 0 fully saturated rings. The molecule has 0 amide bonds. The second-order valence-corrected chi connectivity index (χ2v) is 4.43. The maximum absolute atomic E-state index is 5.90. The summed E-state index contributed by atoms with van der Waals surface area (Å²) in [4.78, 5) is 0. The van der Waals surface area contributed by atoms with Gasteiger partial charge in [0.1, 0.15) is 5.82 Å². The van der Waals surface area contributed by atoms with Crippen LogP contribution < -0.4 is 5.73 Å². The van der Waals surface area contributed by atoms with E-state index in [0.29, 0.717) is 5.82 Å². The van der Waals surface area contributed by atoms with Crippen LogP contribution in [0.15, 0.2) is 28.9 Å². The van der Waals surface area contributed by atoms with E-state index < -0.39 is 0 Å². The number of aromatic nitrogens is 2. The van der Waals surface area contributed by atoms with Crippen LogP contribution in [0.5, 0.6) is 0 Å². The second kappa shape index (κ2) is 3.70. The van der Waals surface area contributed by atoms with Crippen LogP contribution in [0.1, 0.15) is 11.1 Å². The molecule has 1 heterocycles. The summed E-state index contributed by atoms with van der Waals surface area (Å²) in [6.45, 7) is 4.12. The summed E-state index contributed by atoms with van der Waals surface area (Å²) in [5.74, 6) is 0.627. The lowest BCUT2D eigenvalue weighted by atomic mass is 10.1. The van der Waals surface area contributed by atoms with E-state index in [0.717, 1.165) is 15.7 Å². The van der Waals surface area contributed by atoms with Crippen molar-refractivity contribution >= 4 is 21.7 Å². The molecular formula is C11H12BrN3. The van der Waals surface area contributed by atoms with E-state index in [9.17, 15) is 0 Å². The first-order valence-corrected chi connectivity index (χ1v) is 5.45. The molecule has 15 heavy (non-hydrogen) atoms. The molecule has 0 unspecified atom stereocenters. The molecule has 3 nitrogen and oxygen atoms in total. The van der Waals surface area contributed by atoms with Gasteiger partial charge in [0.05, 0.1) is 16.4 Å². The average molecular weight is 266 g/mol. The Morgan fingerprint density at radius 2 is 2.07 bits per heavy atom. The third-order valence-corrected chi connectivity index (χ3v) is 2.95. The summed E-state index contributed by atoms with van der Waals surface area (Å²) in [5, 5.41) is 4.22. The van der Waals surface area contributed by atoms with Gasteiger partial charge in [0.15, 0.2) is 0 Å². The number of anilines is 1. The van der Waals surface area contributed by atoms with Gasteiger partial charge in [0.2, 0.25) is 0 Å². The minimum absolute atomic E-state index is 0.627. The summed E-state index contributed by atoms with van der Waals surface area (Å²) < 4.78 is 2.56. The van der Waals surface area contributed by atoms with Gasteiger partial charge < -0.3 is 5.73 Å². The van der Waals surface area contributed by atoms with Crippen LogP contribution in [-0.4, -0.2) is 9.78 Å². The van der Waals surface area contributed by atoms with Gasteiger partial charge in [-0.3, -0.25) is 0 Å². The molecule has 0 radical (unpaired) electrons. The molecule has 2 aromatic rings. The van der Waals surface area contributed by atoms with Gasteiger partial charge in [-0.15, -0.1) is 0 Å². The van der Waals surface area contributed by atoms with Crippen molar-refractivity contribution in [1.29, 1.82) is 0 Å². The number of benzene rings is 1. The van der Waals surface area contributed by atoms with E-state index in [1.165, 1.54) is 5.56 Å². The maximum Gasteiger partial charge on any atom is 0.141 e. The van der Waals surface area contributed by atoms with Crippen molar-refractivity contribution in [3.63, 3.8) is 0 Å². The first-order chi connectivity index (χ1) is 7.09. The molecule has 2 N–H and O–H groups in total. The molecule has 1 aromatic heterocycles. The van der Waals surface area contributed by atoms with Crippen molar-refractivity contribution in [2.24, 2.45) is 0 Å². The molecule has 0 aliphatic heterocycles. The number of hydrogen-bond acceptors (Lipinski definition) is 2. The first kappa shape index (κ1) is 10.2. The summed E-state index contributed by atoms with van der Waals surface area (Å²) >= 11 is 3.34. The van der Waals surface area contributed by atoms with Gasteiger partial charge in [0.25, 0.3) is 0 Å². The summed E-state index contributed by atoms with van der Waals surface area (Å²) in [7, 11) is 0. The number of halogens is 1. The van der Waals surface area contributed by atoms with Gasteiger partial charge in [-0.25, -0.2) is 4.68 Å². The Morgan fingerprint density at radius 1 is 1.33 bits per heavy atom. The SMILES string of the molecule is Cc1ccc(-n2ncc(Br)c2N)c(C)c1. The van der Waals surface area contributed by atoms with Crippen LogP contribution in [0.25, 0.3) is 5.69 Å². The predicted octanol–water partition coefficient (Wildman–Crippen LogP) is 2.83. The number of nitrogen functional groups attached to an aromatic ring is 1. The number of rotatable bonds is 1. The molecule has 0 aliphatic rings. The standard InChI is InChI=1S/C11H12BrN3/c1-7-3-4-10(8(2)5-7)15-11(13)9(12)6-14-15/h3-6H,13H2,1-2H3. The lowest BCUT2D eigenvalue weighted by Gasteiger charge is -2.08. The Kier molecular flexibility index (Phi) is 2.52. The largest absolute Gasteiger partial charge is 0.383 e. The highest BCUT2D eigenvalue weighted by Crippen LogP contribution is 2.24. The van der Waals surface area contributed by atoms with Crippen molar-refractivity contribution in [1.82, 2.24) is 9.78 Å². The van der Waals surface area contributed by atoms with Gasteiger partial charge in [0, 0.05) is 0 Å². The number of aryl methyl sites for hydroxylation is 2. The Labute approximate surface area is 97.0 Å². The minimum atomic E-state index is 0.627. The molecular weight excluding hydrogens is 254 g/mol. The number of hydrogen-bond donors (Lipinski definition) is 1. The van der Waals surface area contributed by atoms with Gasteiger partial charge in [-0.1, -0.05) is 17.7 Å². The zero-order valence-corrected chi connectivity index (χ0v) is 10.2. The van der Waals surface area contributed by atoms with Crippen molar-refractivity contribution in [2.75, 3.05) is 5.73 Å². The molecule has 2 rings (SSSR count). The molecule has 78 valence electrons. The van der Waals surface area contributed by atoms with Crippen LogP contribution in [0.4, 0.5) is 5.82 Å². The normalized spacial score (nSPS) is 10.6. The third-order valence-electron chi connectivity index (χ3n) is 2.34. The van der Waals surface area contributed by atoms with E-state index in [1.54, 1.807) is 10.9 Å². The van der Waals surface area contributed by atoms with E-state index in [2.05, 4.69) is 47.0 Å². The summed E-state index contributed by atoms with van der Waals surface area (Å²) in [6, 6.07) is 6.20. The lowest BCUT2D eigenvalue weighted by Crippen LogP contribution is -2.03. The minimum Gasteiger partial charge on any atom is -0.383 e. The fraction of sp³-hybridized carbons (Fsp3) is 0.182. The monoisotopic (exact) mass is 265 g/mol.